The van der Waals surface area contributed by atoms with Gasteiger partial charge in [0, 0.05) is 25.0 Å². The van der Waals surface area contributed by atoms with E-state index in [1.165, 1.54) is 0 Å². The highest BCUT2D eigenvalue weighted by Gasteiger charge is 2.11. The number of rotatable bonds is 0. The van der Waals surface area contributed by atoms with Crippen molar-refractivity contribution < 1.29 is 5.11 Å². The van der Waals surface area contributed by atoms with E-state index in [1.54, 1.807) is 17.4 Å². The van der Waals surface area contributed by atoms with E-state index in [2.05, 4.69) is 15.9 Å². The lowest BCUT2D eigenvalue weighted by Gasteiger charge is -1.98. The van der Waals surface area contributed by atoms with Crippen LogP contribution in [0.5, 0.6) is 5.75 Å². The monoisotopic (exact) mass is 312 g/mol. The van der Waals surface area contributed by atoms with E-state index < -0.39 is 0 Å². The highest BCUT2D eigenvalue weighted by molar-refractivity contribution is 9.10. The lowest BCUT2D eigenvalue weighted by atomic mass is 10.1. The first-order valence-corrected chi connectivity index (χ1v) is 6.65. The molecule has 0 radical (unpaired) electrons. The maximum Gasteiger partial charge on any atom is 0.133 e. The van der Waals surface area contributed by atoms with Crippen molar-refractivity contribution in [2.75, 3.05) is 0 Å². The molecule has 0 aliphatic rings. The number of phenols is 1. The first-order chi connectivity index (χ1) is 7.66. The van der Waals surface area contributed by atoms with Gasteiger partial charge in [0.1, 0.15) is 5.75 Å². The van der Waals surface area contributed by atoms with E-state index in [9.17, 15) is 5.11 Å². The average molecular weight is 314 g/mol. The van der Waals surface area contributed by atoms with Crippen molar-refractivity contribution >= 4 is 59.0 Å². The first kappa shape index (κ1) is 10.4. The van der Waals surface area contributed by atoms with E-state index in [0.29, 0.717) is 10.8 Å². The standard InChI is InChI=1S/C12H6BrClOS/c13-8-2-3-9(15)12-11(8)7-5-6(14)1-4-10(7)16-12/h1-5,15H. The van der Waals surface area contributed by atoms with Crippen molar-refractivity contribution in [3.63, 3.8) is 0 Å². The average Bonchev–Trinajstić information content (AvgIpc) is 2.63. The van der Waals surface area contributed by atoms with Gasteiger partial charge in [0.2, 0.25) is 0 Å². The van der Waals surface area contributed by atoms with Crippen LogP contribution in [0.3, 0.4) is 0 Å². The number of hydrogen-bond acceptors (Lipinski definition) is 2. The molecule has 0 spiro atoms. The van der Waals surface area contributed by atoms with E-state index in [0.717, 1.165) is 24.6 Å². The number of aromatic hydroxyl groups is 1. The number of phenolic OH excluding ortho intramolecular Hbond substituents is 1. The molecular weight excluding hydrogens is 308 g/mol. The van der Waals surface area contributed by atoms with Crippen LogP contribution in [0.25, 0.3) is 20.2 Å². The summed E-state index contributed by atoms with van der Waals surface area (Å²) in [5.74, 6) is 0.315. The Labute approximate surface area is 109 Å². The lowest BCUT2D eigenvalue weighted by Crippen LogP contribution is -1.71. The Morgan fingerprint density at radius 2 is 2.00 bits per heavy atom. The van der Waals surface area contributed by atoms with Gasteiger partial charge in [0.05, 0.1) is 4.70 Å². The zero-order valence-corrected chi connectivity index (χ0v) is 11.2. The summed E-state index contributed by atoms with van der Waals surface area (Å²) in [5.41, 5.74) is 0. The van der Waals surface area contributed by atoms with Gasteiger partial charge in [-0.3, -0.25) is 0 Å². The fourth-order valence-corrected chi connectivity index (χ4v) is 3.77. The second-order valence-corrected chi connectivity index (χ2v) is 5.86. The fraction of sp³-hybridized carbons (Fsp3) is 0. The van der Waals surface area contributed by atoms with Gasteiger partial charge < -0.3 is 5.11 Å². The van der Waals surface area contributed by atoms with Crippen LogP contribution in [-0.4, -0.2) is 5.11 Å². The van der Waals surface area contributed by atoms with E-state index >= 15 is 0 Å². The molecule has 1 nitrogen and oxygen atoms in total. The molecule has 0 saturated heterocycles. The van der Waals surface area contributed by atoms with Crippen molar-refractivity contribution in [1.82, 2.24) is 0 Å². The molecular formula is C12H6BrClOS. The highest BCUT2D eigenvalue weighted by Crippen LogP contribution is 2.43. The number of halogens is 2. The van der Waals surface area contributed by atoms with Gasteiger partial charge >= 0.3 is 0 Å². The minimum atomic E-state index is 0.315. The fourth-order valence-electron chi connectivity index (χ4n) is 1.80. The van der Waals surface area contributed by atoms with Gasteiger partial charge in [-0.05, 0) is 30.3 Å². The smallest absolute Gasteiger partial charge is 0.133 e. The maximum absolute atomic E-state index is 9.82. The molecule has 0 fully saturated rings. The Morgan fingerprint density at radius 1 is 1.19 bits per heavy atom. The molecule has 3 rings (SSSR count). The molecule has 0 unspecified atom stereocenters. The molecule has 3 aromatic rings. The van der Waals surface area contributed by atoms with Gasteiger partial charge in [-0.2, -0.15) is 0 Å². The summed E-state index contributed by atoms with van der Waals surface area (Å²) in [6.07, 6.45) is 0. The van der Waals surface area contributed by atoms with Crippen LogP contribution in [-0.2, 0) is 0 Å². The molecule has 0 aliphatic carbocycles. The summed E-state index contributed by atoms with van der Waals surface area (Å²) in [4.78, 5) is 0. The summed E-state index contributed by atoms with van der Waals surface area (Å²) in [6.45, 7) is 0. The largest absolute Gasteiger partial charge is 0.506 e. The molecule has 80 valence electrons. The van der Waals surface area contributed by atoms with Gasteiger partial charge in [-0.1, -0.05) is 27.5 Å². The number of benzene rings is 2. The highest BCUT2D eigenvalue weighted by atomic mass is 79.9. The summed E-state index contributed by atoms with van der Waals surface area (Å²) in [7, 11) is 0. The van der Waals surface area contributed by atoms with Crippen molar-refractivity contribution in [3.05, 3.63) is 39.8 Å². The predicted octanol–water partition coefficient (Wildman–Crippen LogP) is 5.18. The Hall–Kier alpha value is -0.770. The number of thiophene rings is 1. The second-order valence-electron chi connectivity index (χ2n) is 3.51. The third-order valence-electron chi connectivity index (χ3n) is 2.51. The predicted molar refractivity (Wildman–Crippen MR) is 73.7 cm³/mol. The molecule has 0 aliphatic heterocycles. The SMILES string of the molecule is Oc1ccc(Br)c2c1sc1ccc(Cl)cc12. The summed E-state index contributed by atoms with van der Waals surface area (Å²) in [6, 6.07) is 9.33. The Bertz CT molecular complexity index is 705. The summed E-state index contributed by atoms with van der Waals surface area (Å²) < 4.78 is 3.00. The Balaban J connectivity index is 2.62. The zero-order chi connectivity index (χ0) is 11.3. The molecule has 0 saturated carbocycles. The Kier molecular flexibility index (Phi) is 2.35. The molecule has 0 atom stereocenters. The van der Waals surface area contributed by atoms with Gasteiger partial charge in [0.15, 0.2) is 0 Å². The molecule has 1 heterocycles. The summed E-state index contributed by atoms with van der Waals surface area (Å²) in [5, 5.41) is 12.6. The van der Waals surface area contributed by atoms with Crippen molar-refractivity contribution in [3.8, 4) is 5.75 Å². The minimum absolute atomic E-state index is 0.315. The molecule has 0 amide bonds. The third-order valence-corrected chi connectivity index (χ3v) is 4.60. The topological polar surface area (TPSA) is 20.2 Å². The van der Waals surface area contributed by atoms with Crippen molar-refractivity contribution in [2.24, 2.45) is 0 Å². The quantitative estimate of drug-likeness (QED) is 0.606. The van der Waals surface area contributed by atoms with Crippen LogP contribution in [0.1, 0.15) is 0 Å². The van der Waals surface area contributed by atoms with Crippen LogP contribution in [0.15, 0.2) is 34.8 Å². The zero-order valence-electron chi connectivity index (χ0n) is 8.00. The molecule has 16 heavy (non-hydrogen) atoms. The lowest BCUT2D eigenvalue weighted by molar-refractivity contribution is 0.482. The van der Waals surface area contributed by atoms with Gasteiger partial charge in [0.25, 0.3) is 0 Å². The number of fused-ring (bicyclic) bond motifs is 3. The van der Waals surface area contributed by atoms with E-state index in [1.807, 2.05) is 24.3 Å². The molecule has 1 N–H and O–H groups in total. The normalized spacial score (nSPS) is 11.4. The van der Waals surface area contributed by atoms with Gasteiger partial charge in [-0.25, -0.2) is 0 Å². The Morgan fingerprint density at radius 3 is 2.81 bits per heavy atom. The molecule has 1 aromatic heterocycles. The second kappa shape index (κ2) is 3.62. The number of hydrogen-bond donors (Lipinski definition) is 1. The molecule has 2 aromatic carbocycles. The minimum Gasteiger partial charge on any atom is -0.506 e. The molecule has 0 bridgehead atoms. The van der Waals surface area contributed by atoms with Crippen LogP contribution in [0, 0.1) is 0 Å². The van der Waals surface area contributed by atoms with Crippen molar-refractivity contribution in [2.45, 2.75) is 0 Å². The van der Waals surface area contributed by atoms with E-state index in [-0.39, 0.29) is 0 Å². The maximum atomic E-state index is 9.82. The summed E-state index contributed by atoms with van der Waals surface area (Å²) >= 11 is 11.1. The van der Waals surface area contributed by atoms with Gasteiger partial charge in [-0.15, -0.1) is 11.3 Å². The van der Waals surface area contributed by atoms with Crippen LogP contribution in [0.4, 0.5) is 0 Å². The van der Waals surface area contributed by atoms with E-state index in [4.69, 9.17) is 11.6 Å². The van der Waals surface area contributed by atoms with Crippen LogP contribution < -0.4 is 0 Å². The third kappa shape index (κ3) is 1.43. The van der Waals surface area contributed by atoms with Crippen molar-refractivity contribution in [1.29, 1.82) is 0 Å². The van der Waals surface area contributed by atoms with Crippen LogP contribution in [0.2, 0.25) is 5.02 Å². The van der Waals surface area contributed by atoms with Crippen LogP contribution >= 0.6 is 38.9 Å². The molecule has 4 heteroatoms. The first-order valence-electron chi connectivity index (χ1n) is 4.66.